The topological polar surface area (TPSA) is 9.23 Å². The summed E-state index contributed by atoms with van der Waals surface area (Å²) in [6.07, 6.45) is 0.203. The highest BCUT2D eigenvalue weighted by atomic mass is 16.5. The molecular formula is C8H14O. The normalized spacial score (nSPS) is 9.33. The third kappa shape index (κ3) is 3.83. The summed E-state index contributed by atoms with van der Waals surface area (Å²) in [5.74, 6) is 0.685. The largest absolute Gasteiger partial charge is 0.491 e. The van der Waals surface area contributed by atoms with Gasteiger partial charge in [0, 0.05) is 0 Å². The fourth-order valence-corrected chi connectivity index (χ4v) is 0.385. The Bertz CT molecular complexity index is 123. The zero-order chi connectivity index (χ0) is 7.44. The Morgan fingerprint density at radius 2 is 1.78 bits per heavy atom. The Morgan fingerprint density at radius 1 is 1.33 bits per heavy atom. The number of ether oxygens (including phenoxy) is 1. The molecule has 1 heteroatoms. The van der Waals surface area contributed by atoms with Crippen LogP contribution in [0.2, 0.25) is 0 Å². The lowest BCUT2D eigenvalue weighted by atomic mass is 10.3. The zero-order valence-corrected chi connectivity index (χ0v) is 6.40. The molecule has 0 aliphatic rings. The van der Waals surface area contributed by atoms with E-state index in [1.807, 2.05) is 20.8 Å². The van der Waals surface area contributed by atoms with Gasteiger partial charge in [-0.3, -0.25) is 0 Å². The first-order valence-electron chi connectivity index (χ1n) is 3.05. The minimum absolute atomic E-state index is 0.203. The summed E-state index contributed by atoms with van der Waals surface area (Å²) in [4.78, 5) is 0. The average molecular weight is 126 g/mol. The molecule has 0 atom stereocenters. The van der Waals surface area contributed by atoms with Crippen molar-refractivity contribution in [1.29, 1.82) is 0 Å². The van der Waals surface area contributed by atoms with Crippen LogP contribution in [0.1, 0.15) is 20.8 Å². The Morgan fingerprint density at radius 3 is 1.89 bits per heavy atom. The van der Waals surface area contributed by atoms with Gasteiger partial charge >= 0.3 is 0 Å². The molecule has 0 aromatic heterocycles. The molecule has 0 saturated carbocycles. The molecule has 0 spiro atoms. The van der Waals surface area contributed by atoms with Crippen LogP contribution in [0.15, 0.2) is 24.5 Å². The van der Waals surface area contributed by atoms with Crippen LogP contribution in [0.3, 0.4) is 0 Å². The lowest BCUT2D eigenvalue weighted by Gasteiger charge is -2.11. The van der Waals surface area contributed by atoms with E-state index < -0.39 is 0 Å². The van der Waals surface area contributed by atoms with E-state index in [0.29, 0.717) is 5.76 Å². The average Bonchev–Trinajstić information content (AvgIpc) is 1.63. The predicted octanol–water partition coefficient (Wildman–Crippen LogP) is 2.50. The van der Waals surface area contributed by atoms with Crippen molar-refractivity contribution < 1.29 is 4.74 Å². The van der Waals surface area contributed by atoms with Crippen molar-refractivity contribution in [1.82, 2.24) is 0 Å². The number of allylic oxidation sites excluding steroid dienone is 1. The SMILES string of the molecule is C=C(C)C(=C)OC(C)C. The molecule has 0 N–H and O–H groups in total. The van der Waals surface area contributed by atoms with E-state index >= 15 is 0 Å². The first kappa shape index (κ1) is 8.28. The fraction of sp³-hybridized carbons (Fsp3) is 0.500. The highest BCUT2D eigenvalue weighted by Gasteiger charge is 1.96. The number of hydrogen-bond acceptors (Lipinski definition) is 1. The van der Waals surface area contributed by atoms with E-state index in [0.717, 1.165) is 5.57 Å². The van der Waals surface area contributed by atoms with Gasteiger partial charge in [-0.25, -0.2) is 0 Å². The van der Waals surface area contributed by atoms with Crippen LogP contribution in [0, 0.1) is 0 Å². The van der Waals surface area contributed by atoms with Crippen LogP contribution >= 0.6 is 0 Å². The summed E-state index contributed by atoms with van der Waals surface area (Å²) in [5.41, 5.74) is 0.892. The van der Waals surface area contributed by atoms with E-state index in [1.165, 1.54) is 0 Å². The molecule has 0 aromatic rings. The lowest BCUT2D eigenvalue weighted by molar-refractivity contribution is 0.155. The second-order valence-corrected chi connectivity index (χ2v) is 2.37. The van der Waals surface area contributed by atoms with Gasteiger partial charge in [0.25, 0.3) is 0 Å². The van der Waals surface area contributed by atoms with Crippen LogP contribution in [0.5, 0.6) is 0 Å². The van der Waals surface area contributed by atoms with Gasteiger partial charge in [0.2, 0.25) is 0 Å². The Hall–Kier alpha value is -0.720. The quantitative estimate of drug-likeness (QED) is 0.417. The maximum atomic E-state index is 5.22. The standard InChI is InChI=1S/C8H14O/c1-6(2)8(5)9-7(3)4/h7H,1,5H2,2-4H3. The van der Waals surface area contributed by atoms with Crippen LogP contribution < -0.4 is 0 Å². The maximum absolute atomic E-state index is 5.22. The van der Waals surface area contributed by atoms with Gasteiger partial charge < -0.3 is 4.74 Å². The third-order valence-corrected chi connectivity index (χ3v) is 0.854. The van der Waals surface area contributed by atoms with Gasteiger partial charge in [-0.05, 0) is 26.3 Å². The molecule has 0 radical (unpaired) electrons. The molecule has 9 heavy (non-hydrogen) atoms. The van der Waals surface area contributed by atoms with Crippen molar-refractivity contribution in [2.45, 2.75) is 26.9 Å². The summed E-state index contributed by atoms with van der Waals surface area (Å²) in [7, 11) is 0. The Kier molecular flexibility index (Phi) is 3.07. The summed E-state index contributed by atoms with van der Waals surface area (Å²) in [6, 6.07) is 0. The molecule has 0 unspecified atom stereocenters. The molecule has 1 nitrogen and oxygen atoms in total. The van der Waals surface area contributed by atoms with Crippen LogP contribution in [-0.4, -0.2) is 6.10 Å². The summed E-state index contributed by atoms with van der Waals surface area (Å²) in [6.45, 7) is 13.2. The van der Waals surface area contributed by atoms with Crippen molar-refractivity contribution in [2.75, 3.05) is 0 Å². The summed E-state index contributed by atoms with van der Waals surface area (Å²) in [5, 5.41) is 0. The van der Waals surface area contributed by atoms with Crippen LogP contribution in [0.25, 0.3) is 0 Å². The van der Waals surface area contributed by atoms with Gasteiger partial charge in [0.1, 0.15) is 5.76 Å². The molecule has 0 aliphatic carbocycles. The minimum Gasteiger partial charge on any atom is -0.491 e. The Balaban J connectivity index is 3.65. The Labute approximate surface area is 57.0 Å². The highest BCUT2D eigenvalue weighted by molar-refractivity contribution is 5.15. The molecule has 0 heterocycles. The third-order valence-electron chi connectivity index (χ3n) is 0.854. The second-order valence-electron chi connectivity index (χ2n) is 2.37. The smallest absolute Gasteiger partial charge is 0.114 e. The van der Waals surface area contributed by atoms with Crippen LogP contribution in [0.4, 0.5) is 0 Å². The first-order valence-corrected chi connectivity index (χ1v) is 3.05. The van der Waals surface area contributed by atoms with E-state index in [9.17, 15) is 0 Å². The molecule has 0 aliphatic heterocycles. The van der Waals surface area contributed by atoms with Crippen LogP contribution in [-0.2, 0) is 4.74 Å². The first-order chi connectivity index (χ1) is 4.04. The summed E-state index contributed by atoms with van der Waals surface area (Å²) >= 11 is 0. The second kappa shape index (κ2) is 3.33. The molecule has 0 fully saturated rings. The van der Waals surface area contributed by atoms with Gasteiger partial charge in [0.15, 0.2) is 0 Å². The van der Waals surface area contributed by atoms with Gasteiger partial charge in [-0.15, -0.1) is 0 Å². The van der Waals surface area contributed by atoms with Gasteiger partial charge in [0.05, 0.1) is 6.10 Å². The van der Waals surface area contributed by atoms with E-state index in [2.05, 4.69) is 13.2 Å². The molecule has 0 aromatic carbocycles. The monoisotopic (exact) mass is 126 g/mol. The van der Waals surface area contributed by atoms with E-state index in [4.69, 9.17) is 4.74 Å². The molecule has 0 saturated heterocycles. The number of hydrogen-bond donors (Lipinski definition) is 0. The molecule has 0 rings (SSSR count). The maximum Gasteiger partial charge on any atom is 0.114 e. The van der Waals surface area contributed by atoms with Gasteiger partial charge in [-0.2, -0.15) is 0 Å². The fourth-order valence-electron chi connectivity index (χ4n) is 0.385. The predicted molar refractivity (Wildman–Crippen MR) is 40.2 cm³/mol. The van der Waals surface area contributed by atoms with Crippen molar-refractivity contribution in [3.8, 4) is 0 Å². The van der Waals surface area contributed by atoms with Crippen molar-refractivity contribution >= 4 is 0 Å². The van der Waals surface area contributed by atoms with Crippen molar-refractivity contribution in [3.05, 3.63) is 24.5 Å². The van der Waals surface area contributed by atoms with Gasteiger partial charge in [-0.1, -0.05) is 13.2 Å². The molecular weight excluding hydrogens is 112 g/mol. The van der Waals surface area contributed by atoms with E-state index in [1.54, 1.807) is 0 Å². The van der Waals surface area contributed by atoms with Crippen molar-refractivity contribution in [2.24, 2.45) is 0 Å². The molecule has 0 amide bonds. The summed E-state index contributed by atoms with van der Waals surface area (Å²) < 4.78 is 5.22. The van der Waals surface area contributed by atoms with Crippen molar-refractivity contribution in [3.63, 3.8) is 0 Å². The minimum atomic E-state index is 0.203. The molecule has 0 bridgehead atoms. The number of rotatable bonds is 3. The van der Waals surface area contributed by atoms with E-state index in [-0.39, 0.29) is 6.10 Å². The lowest BCUT2D eigenvalue weighted by Crippen LogP contribution is -2.01. The molecule has 52 valence electrons. The highest BCUT2D eigenvalue weighted by Crippen LogP contribution is 2.07. The zero-order valence-electron chi connectivity index (χ0n) is 6.40.